The summed E-state index contributed by atoms with van der Waals surface area (Å²) in [6, 6.07) is 0. The predicted octanol–water partition coefficient (Wildman–Crippen LogP) is -0.609. The van der Waals surface area contributed by atoms with Crippen LogP contribution in [0.5, 0.6) is 0 Å². The fourth-order valence-corrected chi connectivity index (χ4v) is 3.20. The molecular formula is C11H15N4O7PS. The normalized spacial score (nSPS) is 31.0. The largest absolute Gasteiger partial charge is 0.469 e. The first-order valence-corrected chi connectivity index (χ1v) is 8.72. The number of hydrogen-bond acceptors (Lipinski definition) is 8. The molecule has 3 heterocycles. The van der Waals surface area contributed by atoms with E-state index < -0.39 is 38.5 Å². The lowest BCUT2D eigenvalue weighted by molar-refractivity contribution is -0.131. The van der Waals surface area contributed by atoms with Crippen molar-refractivity contribution in [2.24, 2.45) is 0 Å². The van der Waals surface area contributed by atoms with Gasteiger partial charge in [-0.05, 0) is 6.92 Å². The Bertz CT molecular complexity index is 865. The van der Waals surface area contributed by atoms with E-state index in [1.807, 2.05) is 0 Å². The van der Waals surface area contributed by atoms with E-state index in [-0.39, 0.29) is 4.64 Å². The summed E-state index contributed by atoms with van der Waals surface area (Å²) in [5, 5.41) is 20.5. The minimum atomic E-state index is -4.73. The van der Waals surface area contributed by atoms with Gasteiger partial charge in [-0.25, -0.2) is 14.5 Å². The highest BCUT2D eigenvalue weighted by molar-refractivity contribution is 7.71. The SMILES string of the molecule is C[C@@]1(n2cnc3c(=S)nc[nH]c32)O[C@H](COP(=O)(O)O)[C@@H](O)[C@H]1O. The number of aliphatic hydroxyl groups excluding tert-OH is 2. The lowest BCUT2D eigenvalue weighted by atomic mass is 10.0. The van der Waals surface area contributed by atoms with Crippen LogP contribution in [0.1, 0.15) is 6.92 Å². The van der Waals surface area contributed by atoms with Gasteiger partial charge in [0.25, 0.3) is 0 Å². The summed E-state index contributed by atoms with van der Waals surface area (Å²) >= 11 is 5.07. The molecule has 11 nitrogen and oxygen atoms in total. The molecule has 2 aromatic rings. The van der Waals surface area contributed by atoms with Crippen LogP contribution in [0.25, 0.3) is 11.2 Å². The smallest absolute Gasteiger partial charge is 0.387 e. The van der Waals surface area contributed by atoms with Crippen LogP contribution in [0, 0.1) is 4.64 Å². The minimum Gasteiger partial charge on any atom is -0.387 e. The Labute approximate surface area is 140 Å². The minimum absolute atomic E-state index is 0.250. The van der Waals surface area contributed by atoms with Gasteiger partial charge in [-0.3, -0.25) is 9.09 Å². The third-order valence-electron chi connectivity index (χ3n) is 3.88. The van der Waals surface area contributed by atoms with Gasteiger partial charge in [-0.2, -0.15) is 0 Å². The number of phosphoric acid groups is 1. The zero-order valence-electron chi connectivity index (χ0n) is 12.3. The maximum Gasteiger partial charge on any atom is 0.469 e. The summed E-state index contributed by atoms with van der Waals surface area (Å²) in [5.74, 6) is 0. The molecule has 0 radical (unpaired) electrons. The predicted molar refractivity (Wildman–Crippen MR) is 81.2 cm³/mol. The standard InChI is InChI=1S/C11H15N4O7PS/c1-11(15-4-14-6-9(15)12-3-13-10(6)24)8(17)7(16)5(22-11)2-21-23(18,19)20/h3-5,7-8,16-17H,2H2,1H3,(H,12,13,24)(H2,18,19,20)/t5-,7-,8-,11-/m1/s1. The number of nitrogens with zero attached hydrogens (tertiary/aromatic N) is 3. The Balaban J connectivity index is 1.95. The second kappa shape index (κ2) is 5.93. The molecule has 24 heavy (non-hydrogen) atoms. The molecule has 1 saturated heterocycles. The molecule has 1 aliphatic heterocycles. The lowest BCUT2D eigenvalue weighted by Gasteiger charge is -2.29. The lowest BCUT2D eigenvalue weighted by Crippen LogP contribution is -2.43. The molecule has 2 aromatic heterocycles. The third-order valence-corrected chi connectivity index (χ3v) is 4.67. The average Bonchev–Trinajstić information content (AvgIpc) is 3.02. The molecule has 0 aromatic carbocycles. The highest BCUT2D eigenvalue weighted by Gasteiger charge is 2.53. The third kappa shape index (κ3) is 2.91. The van der Waals surface area contributed by atoms with Crippen LogP contribution in [0.3, 0.4) is 0 Å². The van der Waals surface area contributed by atoms with E-state index in [2.05, 4.69) is 19.5 Å². The number of phosphoric ester groups is 1. The van der Waals surface area contributed by atoms with E-state index in [0.29, 0.717) is 11.2 Å². The number of aromatic nitrogens is 4. The van der Waals surface area contributed by atoms with Gasteiger partial charge >= 0.3 is 7.82 Å². The first-order chi connectivity index (χ1) is 11.1. The summed E-state index contributed by atoms with van der Waals surface area (Å²) in [6.07, 6.45) is -1.27. The number of aromatic amines is 1. The molecule has 13 heteroatoms. The van der Waals surface area contributed by atoms with Gasteiger partial charge in [0.05, 0.1) is 19.3 Å². The van der Waals surface area contributed by atoms with Gasteiger partial charge in [0.2, 0.25) is 0 Å². The number of fused-ring (bicyclic) bond motifs is 1. The van der Waals surface area contributed by atoms with Crippen molar-refractivity contribution in [1.82, 2.24) is 19.5 Å². The van der Waals surface area contributed by atoms with Crippen molar-refractivity contribution in [1.29, 1.82) is 0 Å². The maximum absolute atomic E-state index is 10.8. The van der Waals surface area contributed by atoms with Crippen molar-refractivity contribution < 1.29 is 33.8 Å². The number of hydrogen-bond donors (Lipinski definition) is 5. The number of aliphatic hydroxyl groups is 2. The van der Waals surface area contributed by atoms with Crippen LogP contribution in [0.2, 0.25) is 0 Å². The zero-order chi connectivity index (χ0) is 17.7. The summed E-state index contributed by atoms with van der Waals surface area (Å²) in [4.78, 5) is 28.4. The quantitative estimate of drug-likeness (QED) is 0.343. The summed E-state index contributed by atoms with van der Waals surface area (Å²) in [5.41, 5.74) is -0.661. The van der Waals surface area contributed by atoms with Crippen molar-refractivity contribution in [3.05, 3.63) is 17.3 Å². The van der Waals surface area contributed by atoms with Crippen molar-refractivity contribution in [3.8, 4) is 0 Å². The van der Waals surface area contributed by atoms with Crippen molar-refractivity contribution in [2.45, 2.75) is 31.0 Å². The molecule has 5 N–H and O–H groups in total. The highest BCUT2D eigenvalue weighted by atomic mass is 32.1. The van der Waals surface area contributed by atoms with Crippen molar-refractivity contribution >= 4 is 31.2 Å². The molecule has 1 aliphatic rings. The van der Waals surface area contributed by atoms with Gasteiger partial charge in [0, 0.05) is 0 Å². The van der Waals surface area contributed by atoms with E-state index in [1.54, 1.807) is 0 Å². The Morgan fingerprint density at radius 1 is 1.50 bits per heavy atom. The maximum atomic E-state index is 10.8. The molecule has 3 rings (SSSR count). The van der Waals surface area contributed by atoms with E-state index in [4.69, 9.17) is 26.7 Å². The van der Waals surface area contributed by atoms with Gasteiger partial charge in [-0.1, -0.05) is 12.2 Å². The fourth-order valence-electron chi connectivity index (χ4n) is 2.66. The average molecular weight is 378 g/mol. The second-order valence-electron chi connectivity index (χ2n) is 5.45. The molecule has 0 saturated carbocycles. The van der Waals surface area contributed by atoms with Crippen LogP contribution in [0.4, 0.5) is 0 Å². The van der Waals surface area contributed by atoms with Crippen LogP contribution in [0.15, 0.2) is 12.7 Å². The molecule has 4 atom stereocenters. The molecule has 0 bridgehead atoms. The van der Waals surface area contributed by atoms with E-state index in [9.17, 15) is 14.8 Å². The van der Waals surface area contributed by atoms with Crippen LogP contribution < -0.4 is 0 Å². The number of rotatable bonds is 4. The Morgan fingerprint density at radius 2 is 2.21 bits per heavy atom. The summed E-state index contributed by atoms with van der Waals surface area (Å²) in [7, 11) is -4.73. The monoisotopic (exact) mass is 378 g/mol. The van der Waals surface area contributed by atoms with Crippen LogP contribution >= 0.6 is 20.0 Å². The second-order valence-corrected chi connectivity index (χ2v) is 7.08. The van der Waals surface area contributed by atoms with Crippen LogP contribution in [-0.4, -0.2) is 64.4 Å². The molecule has 132 valence electrons. The summed E-state index contributed by atoms with van der Waals surface area (Å²) < 4.78 is 22.5. The number of H-pyrrole nitrogens is 1. The van der Waals surface area contributed by atoms with E-state index in [0.717, 1.165) is 0 Å². The van der Waals surface area contributed by atoms with E-state index >= 15 is 0 Å². The molecule has 0 unspecified atom stereocenters. The zero-order valence-corrected chi connectivity index (χ0v) is 14.0. The number of nitrogens with one attached hydrogen (secondary N) is 1. The molecule has 0 spiro atoms. The topological polar surface area (TPSA) is 163 Å². The molecule has 1 fully saturated rings. The van der Waals surface area contributed by atoms with E-state index in [1.165, 1.54) is 24.1 Å². The summed E-state index contributed by atoms with van der Waals surface area (Å²) in [6.45, 7) is 0.902. The van der Waals surface area contributed by atoms with Gasteiger partial charge in [0.1, 0.15) is 29.5 Å². The number of ether oxygens (including phenoxy) is 1. The Morgan fingerprint density at radius 3 is 2.88 bits per heavy atom. The first-order valence-electron chi connectivity index (χ1n) is 6.79. The highest BCUT2D eigenvalue weighted by Crippen LogP contribution is 2.41. The van der Waals surface area contributed by atoms with Crippen molar-refractivity contribution in [3.63, 3.8) is 0 Å². The molecule has 0 amide bonds. The van der Waals surface area contributed by atoms with Gasteiger partial charge in [-0.15, -0.1) is 0 Å². The van der Waals surface area contributed by atoms with Crippen molar-refractivity contribution in [2.75, 3.05) is 6.61 Å². The molecular weight excluding hydrogens is 363 g/mol. The Kier molecular flexibility index (Phi) is 4.35. The van der Waals surface area contributed by atoms with Crippen LogP contribution in [-0.2, 0) is 19.6 Å². The first kappa shape index (κ1) is 17.6. The van der Waals surface area contributed by atoms with Gasteiger partial charge in [0.15, 0.2) is 10.4 Å². The number of imidazole rings is 1. The fraction of sp³-hybridized carbons (Fsp3) is 0.545. The van der Waals surface area contributed by atoms with Gasteiger partial charge < -0.3 is 29.7 Å². The molecule has 0 aliphatic carbocycles. The Hall–Kier alpha value is -1.24.